The van der Waals surface area contributed by atoms with E-state index in [0.29, 0.717) is 13.2 Å². The van der Waals surface area contributed by atoms with Gasteiger partial charge in [0.25, 0.3) is 0 Å². The third-order valence-corrected chi connectivity index (χ3v) is 4.24. The Morgan fingerprint density at radius 3 is 2.84 bits per heavy atom. The van der Waals surface area contributed by atoms with E-state index in [9.17, 15) is 4.79 Å². The first-order valence-electron chi connectivity index (χ1n) is 7.34. The standard InChI is InChI=1S/C14H26N2O3/c1-4-6-15-12-9-18-8-11(12)14(17)16(3)13-5-7-19-10(13)2/h10-13,15H,4-9H2,1-3H3. The second-order valence-corrected chi connectivity index (χ2v) is 5.59. The molecule has 4 unspecified atom stereocenters. The molecule has 2 aliphatic rings. The molecule has 0 radical (unpaired) electrons. The molecular formula is C14H26N2O3. The van der Waals surface area contributed by atoms with Crippen molar-refractivity contribution in [2.45, 2.75) is 44.9 Å². The van der Waals surface area contributed by atoms with Gasteiger partial charge >= 0.3 is 0 Å². The molecule has 19 heavy (non-hydrogen) atoms. The largest absolute Gasteiger partial charge is 0.379 e. The first kappa shape index (κ1) is 14.8. The van der Waals surface area contributed by atoms with Crippen LogP contribution in [0.2, 0.25) is 0 Å². The predicted molar refractivity (Wildman–Crippen MR) is 73.0 cm³/mol. The normalized spacial score (nSPS) is 34.7. The first-order valence-corrected chi connectivity index (χ1v) is 7.34. The Balaban J connectivity index is 1.93. The second kappa shape index (κ2) is 6.68. The molecule has 0 saturated carbocycles. The summed E-state index contributed by atoms with van der Waals surface area (Å²) in [6.07, 6.45) is 2.14. The van der Waals surface area contributed by atoms with Gasteiger partial charge in [0.05, 0.1) is 31.3 Å². The number of likely N-dealkylation sites (N-methyl/N-ethyl adjacent to an activating group) is 1. The van der Waals surface area contributed by atoms with Crippen LogP contribution in [0, 0.1) is 5.92 Å². The highest BCUT2D eigenvalue weighted by molar-refractivity contribution is 5.80. The third kappa shape index (κ3) is 3.27. The number of hydrogen-bond acceptors (Lipinski definition) is 4. The van der Waals surface area contributed by atoms with E-state index < -0.39 is 0 Å². The van der Waals surface area contributed by atoms with Crippen LogP contribution in [0.3, 0.4) is 0 Å². The van der Waals surface area contributed by atoms with Crippen LogP contribution in [0.4, 0.5) is 0 Å². The fourth-order valence-corrected chi connectivity index (χ4v) is 2.98. The van der Waals surface area contributed by atoms with Crippen molar-refractivity contribution in [1.29, 1.82) is 0 Å². The molecule has 0 bridgehead atoms. The van der Waals surface area contributed by atoms with Crippen LogP contribution in [-0.2, 0) is 14.3 Å². The molecule has 1 amide bonds. The Labute approximate surface area is 115 Å². The maximum Gasteiger partial charge on any atom is 0.229 e. The SMILES string of the molecule is CCCNC1COCC1C(=O)N(C)C1CCOC1C. The summed E-state index contributed by atoms with van der Waals surface area (Å²) in [5.41, 5.74) is 0. The minimum atomic E-state index is -0.0515. The zero-order chi connectivity index (χ0) is 13.8. The van der Waals surface area contributed by atoms with Crippen LogP contribution in [0.1, 0.15) is 26.7 Å². The molecule has 0 spiro atoms. The van der Waals surface area contributed by atoms with Gasteiger partial charge in [-0.05, 0) is 26.3 Å². The molecule has 2 heterocycles. The molecule has 5 nitrogen and oxygen atoms in total. The van der Waals surface area contributed by atoms with Gasteiger partial charge in [0.2, 0.25) is 5.91 Å². The third-order valence-electron chi connectivity index (χ3n) is 4.24. The summed E-state index contributed by atoms with van der Waals surface area (Å²) >= 11 is 0. The summed E-state index contributed by atoms with van der Waals surface area (Å²) in [5, 5.41) is 3.42. The monoisotopic (exact) mass is 270 g/mol. The topological polar surface area (TPSA) is 50.8 Å². The number of nitrogens with one attached hydrogen (secondary N) is 1. The predicted octanol–water partition coefficient (Wildman–Crippen LogP) is 0.637. The molecule has 5 heteroatoms. The van der Waals surface area contributed by atoms with Gasteiger partial charge in [-0.1, -0.05) is 6.92 Å². The molecule has 110 valence electrons. The quantitative estimate of drug-likeness (QED) is 0.796. The summed E-state index contributed by atoms with van der Waals surface area (Å²) in [6.45, 7) is 7.03. The Bertz CT molecular complexity index is 311. The van der Waals surface area contributed by atoms with E-state index in [1.54, 1.807) is 0 Å². The molecule has 2 saturated heterocycles. The van der Waals surface area contributed by atoms with Crippen LogP contribution >= 0.6 is 0 Å². The van der Waals surface area contributed by atoms with Gasteiger partial charge in [0.15, 0.2) is 0 Å². The molecular weight excluding hydrogens is 244 g/mol. The highest BCUT2D eigenvalue weighted by Gasteiger charge is 2.39. The van der Waals surface area contributed by atoms with Crippen LogP contribution < -0.4 is 5.32 Å². The van der Waals surface area contributed by atoms with Crippen LogP contribution in [-0.4, -0.2) is 62.4 Å². The summed E-state index contributed by atoms with van der Waals surface area (Å²) in [5.74, 6) is 0.137. The maximum atomic E-state index is 12.6. The van der Waals surface area contributed by atoms with Gasteiger partial charge in [0.1, 0.15) is 0 Å². The minimum Gasteiger partial charge on any atom is -0.379 e. The van der Waals surface area contributed by atoms with Crippen molar-refractivity contribution in [2.24, 2.45) is 5.92 Å². The van der Waals surface area contributed by atoms with E-state index in [2.05, 4.69) is 12.2 Å². The molecule has 2 fully saturated rings. The lowest BCUT2D eigenvalue weighted by atomic mass is 10.00. The van der Waals surface area contributed by atoms with E-state index in [0.717, 1.165) is 26.0 Å². The highest BCUT2D eigenvalue weighted by Crippen LogP contribution is 2.23. The molecule has 4 atom stereocenters. The van der Waals surface area contributed by atoms with Crippen molar-refractivity contribution in [1.82, 2.24) is 10.2 Å². The van der Waals surface area contributed by atoms with E-state index in [1.165, 1.54) is 0 Å². The number of rotatable bonds is 5. The van der Waals surface area contributed by atoms with Crippen molar-refractivity contribution >= 4 is 5.91 Å². The van der Waals surface area contributed by atoms with E-state index in [-0.39, 0.29) is 30.0 Å². The fourth-order valence-electron chi connectivity index (χ4n) is 2.98. The summed E-state index contributed by atoms with van der Waals surface area (Å²) < 4.78 is 11.0. The highest BCUT2D eigenvalue weighted by atomic mass is 16.5. The van der Waals surface area contributed by atoms with Crippen molar-refractivity contribution in [2.75, 3.05) is 33.4 Å². The second-order valence-electron chi connectivity index (χ2n) is 5.59. The Hall–Kier alpha value is -0.650. The molecule has 2 rings (SSSR count). The lowest BCUT2D eigenvalue weighted by Gasteiger charge is -2.30. The van der Waals surface area contributed by atoms with E-state index in [4.69, 9.17) is 9.47 Å². The van der Waals surface area contributed by atoms with E-state index >= 15 is 0 Å². The smallest absolute Gasteiger partial charge is 0.229 e. The zero-order valence-corrected chi connectivity index (χ0v) is 12.2. The van der Waals surface area contributed by atoms with Crippen molar-refractivity contribution in [3.63, 3.8) is 0 Å². The summed E-state index contributed by atoms with van der Waals surface area (Å²) in [4.78, 5) is 14.5. The summed E-state index contributed by atoms with van der Waals surface area (Å²) in [7, 11) is 1.90. The Kier molecular flexibility index (Phi) is 5.19. The molecule has 0 aliphatic carbocycles. The number of hydrogen-bond donors (Lipinski definition) is 1. The lowest BCUT2D eigenvalue weighted by molar-refractivity contribution is -0.137. The molecule has 0 aromatic heterocycles. The van der Waals surface area contributed by atoms with Gasteiger partial charge in [0, 0.05) is 19.7 Å². The van der Waals surface area contributed by atoms with E-state index in [1.807, 2.05) is 18.9 Å². The summed E-state index contributed by atoms with van der Waals surface area (Å²) in [6, 6.07) is 0.368. The molecule has 0 aromatic carbocycles. The van der Waals surface area contributed by atoms with Crippen molar-refractivity contribution in [3.05, 3.63) is 0 Å². The van der Waals surface area contributed by atoms with Gasteiger partial charge in [-0.2, -0.15) is 0 Å². The molecule has 0 aromatic rings. The Morgan fingerprint density at radius 1 is 1.42 bits per heavy atom. The van der Waals surface area contributed by atoms with Gasteiger partial charge < -0.3 is 19.7 Å². The van der Waals surface area contributed by atoms with Crippen molar-refractivity contribution in [3.8, 4) is 0 Å². The number of carbonyl (C=O) groups is 1. The lowest BCUT2D eigenvalue weighted by Crippen LogP contribution is -2.49. The van der Waals surface area contributed by atoms with Crippen LogP contribution in [0.5, 0.6) is 0 Å². The molecule has 2 aliphatic heterocycles. The average Bonchev–Trinajstić information content (AvgIpc) is 3.03. The minimum absolute atomic E-state index is 0.0515. The number of nitrogens with zero attached hydrogens (tertiary/aromatic N) is 1. The van der Waals surface area contributed by atoms with Gasteiger partial charge in [-0.15, -0.1) is 0 Å². The maximum absolute atomic E-state index is 12.6. The number of carbonyl (C=O) groups excluding carboxylic acids is 1. The van der Waals surface area contributed by atoms with Gasteiger partial charge in [-0.25, -0.2) is 0 Å². The number of ether oxygens (including phenoxy) is 2. The van der Waals surface area contributed by atoms with Crippen molar-refractivity contribution < 1.29 is 14.3 Å². The average molecular weight is 270 g/mol. The zero-order valence-electron chi connectivity index (χ0n) is 12.2. The van der Waals surface area contributed by atoms with Gasteiger partial charge in [-0.3, -0.25) is 4.79 Å². The molecule has 1 N–H and O–H groups in total. The first-order chi connectivity index (χ1) is 9.15. The van der Waals surface area contributed by atoms with Crippen LogP contribution in [0.15, 0.2) is 0 Å². The Morgan fingerprint density at radius 2 is 2.21 bits per heavy atom. The fraction of sp³-hybridized carbons (Fsp3) is 0.929. The van der Waals surface area contributed by atoms with Crippen LogP contribution in [0.25, 0.3) is 0 Å². The number of amides is 1.